The molecule has 0 saturated heterocycles. The first kappa shape index (κ1) is 19.1. The molecule has 132 valence electrons. The quantitative estimate of drug-likeness (QED) is 0.644. The van der Waals surface area contributed by atoms with E-state index in [9.17, 15) is 0 Å². The highest BCUT2D eigenvalue weighted by molar-refractivity contribution is 6.90. The molecule has 0 atom stereocenters. The second-order valence-electron chi connectivity index (χ2n) is 9.11. The van der Waals surface area contributed by atoms with Gasteiger partial charge in [0, 0.05) is 10.8 Å². The van der Waals surface area contributed by atoms with Crippen LogP contribution in [0.5, 0.6) is 11.5 Å². The van der Waals surface area contributed by atoms with E-state index in [1.807, 2.05) is 0 Å². The molecule has 2 aromatic carbocycles. The van der Waals surface area contributed by atoms with Crippen molar-refractivity contribution >= 4 is 32.4 Å². The van der Waals surface area contributed by atoms with E-state index in [0.717, 1.165) is 16.9 Å². The maximum Gasteiger partial charge on any atom is 0.250 e. The zero-order valence-electron chi connectivity index (χ0n) is 16.7. The molecule has 0 fully saturated rings. The van der Waals surface area contributed by atoms with Crippen molar-refractivity contribution in [2.45, 2.75) is 58.5 Å². The Balaban J connectivity index is 2.80. The van der Waals surface area contributed by atoms with E-state index < -0.39 is 16.4 Å². The minimum atomic E-state index is -1.92. The molecule has 0 aromatic heterocycles. The smallest absolute Gasteiger partial charge is 0.250 e. The van der Waals surface area contributed by atoms with Gasteiger partial charge >= 0.3 is 0 Å². The molecule has 0 N–H and O–H groups in total. The number of fused-ring (bicyclic) bond motifs is 1. The summed E-state index contributed by atoms with van der Waals surface area (Å²) in [6.07, 6.45) is 0. The van der Waals surface area contributed by atoms with Crippen LogP contribution >= 0.6 is 0 Å². The maximum atomic E-state index is 6.85. The predicted molar refractivity (Wildman–Crippen MR) is 111 cm³/mol. The van der Waals surface area contributed by atoms with Gasteiger partial charge in [-0.15, -0.1) is 0 Å². The van der Waals surface area contributed by atoms with Gasteiger partial charge in [-0.2, -0.15) is 0 Å². The molecular weight excluding hydrogens is 328 g/mol. The van der Waals surface area contributed by atoms with Crippen molar-refractivity contribution in [1.82, 2.24) is 0 Å². The highest BCUT2D eigenvalue weighted by Crippen LogP contribution is 2.40. The summed E-state index contributed by atoms with van der Waals surface area (Å²) in [6, 6.07) is 10.7. The molecule has 0 radical (unpaired) electrons. The van der Waals surface area contributed by atoms with Crippen molar-refractivity contribution in [2.24, 2.45) is 0 Å². The average molecular weight is 361 g/mol. The minimum absolute atomic E-state index is 0.171. The van der Waals surface area contributed by atoms with Crippen LogP contribution < -0.4 is 14.3 Å². The summed E-state index contributed by atoms with van der Waals surface area (Å²) < 4.78 is 12.5. The van der Waals surface area contributed by atoms with Crippen molar-refractivity contribution in [3.05, 3.63) is 30.3 Å². The zero-order chi connectivity index (χ0) is 18.3. The fourth-order valence-corrected chi connectivity index (χ4v) is 5.13. The third-order valence-electron chi connectivity index (χ3n) is 5.15. The third-order valence-corrected chi connectivity index (χ3v) is 11.5. The summed E-state index contributed by atoms with van der Waals surface area (Å²) >= 11 is 0. The van der Waals surface area contributed by atoms with E-state index in [2.05, 4.69) is 83.8 Å². The van der Waals surface area contributed by atoms with E-state index in [-0.39, 0.29) is 5.04 Å². The summed E-state index contributed by atoms with van der Waals surface area (Å²) in [5, 5.41) is 3.84. The summed E-state index contributed by atoms with van der Waals surface area (Å²) in [7, 11) is -1.75. The lowest BCUT2D eigenvalue weighted by Crippen LogP contribution is -2.47. The molecule has 0 aliphatic rings. The van der Waals surface area contributed by atoms with Crippen LogP contribution in [-0.4, -0.2) is 23.5 Å². The molecule has 0 aliphatic carbocycles. The standard InChI is InChI=1S/C20H32O2Si2/c1-20(2,3)24(8,9)22-19-16-13-11-10-12-15(16)17(21-4)14-18(19)23(5,6)7/h10-14H,1-9H3. The van der Waals surface area contributed by atoms with Crippen LogP contribution in [0.25, 0.3) is 10.8 Å². The van der Waals surface area contributed by atoms with Gasteiger partial charge in [-0.05, 0) is 29.4 Å². The number of methoxy groups -OCH3 is 1. The first-order valence-electron chi connectivity index (χ1n) is 8.68. The van der Waals surface area contributed by atoms with Crippen molar-refractivity contribution in [2.75, 3.05) is 7.11 Å². The summed E-state index contributed by atoms with van der Waals surface area (Å²) in [4.78, 5) is 0. The van der Waals surface area contributed by atoms with E-state index in [1.165, 1.54) is 10.6 Å². The van der Waals surface area contributed by atoms with Gasteiger partial charge in [0.25, 0.3) is 0 Å². The fraction of sp³-hybridized carbons (Fsp3) is 0.500. The second kappa shape index (κ2) is 6.23. The number of rotatable bonds is 4. The Morgan fingerprint density at radius 1 is 0.875 bits per heavy atom. The molecule has 0 spiro atoms. The van der Waals surface area contributed by atoms with Gasteiger partial charge in [0.15, 0.2) is 0 Å². The van der Waals surface area contributed by atoms with Crippen LogP contribution in [0, 0.1) is 0 Å². The van der Waals surface area contributed by atoms with E-state index in [4.69, 9.17) is 9.16 Å². The van der Waals surface area contributed by atoms with Gasteiger partial charge in [0.1, 0.15) is 11.5 Å². The highest BCUT2D eigenvalue weighted by Gasteiger charge is 2.40. The van der Waals surface area contributed by atoms with E-state index >= 15 is 0 Å². The Labute approximate surface area is 149 Å². The van der Waals surface area contributed by atoms with Gasteiger partial charge in [-0.25, -0.2) is 0 Å². The molecule has 0 heterocycles. The minimum Gasteiger partial charge on any atom is -0.543 e. The molecule has 4 heteroatoms. The lowest BCUT2D eigenvalue weighted by Gasteiger charge is -2.38. The van der Waals surface area contributed by atoms with Crippen molar-refractivity contribution in [3.8, 4) is 11.5 Å². The number of benzene rings is 2. The molecular formula is C20H32O2Si2. The fourth-order valence-electron chi connectivity index (χ4n) is 2.56. The topological polar surface area (TPSA) is 18.5 Å². The van der Waals surface area contributed by atoms with Gasteiger partial charge < -0.3 is 9.16 Å². The molecule has 24 heavy (non-hydrogen) atoms. The van der Waals surface area contributed by atoms with Gasteiger partial charge in [0.05, 0.1) is 15.2 Å². The normalized spacial score (nSPS) is 13.2. The second-order valence-corrected chi connectivity index (χ2v) is 18.9. The SMILES string of the molecule is COc1cc([Si](C)(C)C)c(O[Si](C)(C)C(C)(C)C)c2ccccc12. The van der Waals surface area contributed by atoms with Crippen LogP contribution in [0.15, 0.2) is 30.3 Å². The Morgan fingerprint density at radius 3 is 1.88 bits per heavy atom. The van der Waals surface area contributed by atoms with Crippen molar-refractivity contribution in [1.29, 1.82) is 0 Å². The van der Waals surface area contributed by atoms with Crippen LogP contribution in [0.3, 0.4) is 0 Å². The van der Waals surface area contributed by atoms with Gasteiger partial charge in [-0.3, -0.25) is 0 Å². The summed E-state index contributed by atoms with van der Waals surface area (Å²) in [5.74, 6) is 2.04. The molecule has 0 amide bonds. The molecule has 0 bridgehead atoms. The summed E-state index contributed by atoms with van der Waals surface area (Å²) in [6.45, 7) is 18.6. The highest BCUT2D eigenvalue weighted by atomic mass is 28.4. The van der Waals surface area contributed by atoms with Crippen LogP contribution in [0.1, 0.15) is 20.8 Å². The zero-order valence-corrected chi connectivity index (χ0v) is 18.7. The molecule has 2 nitrogen and oxygen atoms in total. The molecule has 2 aromatic rings. The number of hydrogen-bond donors (Lipinski definition) is 0. The lowest BCUT2D eigenvalue weighted by molar-refractivity contribution is 0.419. The molecule has 0 unspecified atom stereocenters. The third kappa shape index (κ3) is 3.54. The maximum absolute atomic E-state index is 6.85. The molecule has 0 saturated carbocycles. The van der Waals surface area contributed by atoms with Crippen LogP contribution in [-0.2, 0) is 0 Å². The van der Waals surface area contributed by atoms with Crippen LogP contribution in [0.4, 0.5) is 0 Å². The monoisotopic (exact) mass is 360 g/mol. The Kier molecular flexibility index (Phi) is 4.95. The first-order chi connectivity index (χ1) is 10.9. The average Bonchev–Trinajstić information content (AvgIpc) is 2.44. The summed E-state index contributed by atoms with van der Waals surface area (Å²) in [5.41, 5.74) is 0. The van der Waals surface area contributed by atoms with Crippen molar-refractivity contribution < 1.29 is 9.16 Å². The Hall–Kier alpha value is -1.27. The molecule has 2 rings (SSSR count). The molecule has 0 aliphatic heterocycles. The van der Waals surface area contributed by atoms with Crippen LogP contribution in [0.2, 0.25) is 37.8 Å². The largest absolute Gasteiger partial charge is 0.543 e. The number of hydrogen-bond acceptors (Lipinski definition) is 2. The first-order valence-corrected chi connectivity index (χ1v) is 15.1. The van der Waals surface area contributed by atoms with E-state index in [1.54, 1.807) is 7.11 Å². The van der Waals surface area contributed by atoms with Crippen molar-refractivity contribution in [3.63, 3.8) is 0 Å². The Bertz CT molecular complexity index is 738. The predicted octanol–water partition coefficient (Wildman–Crippen LogP) is 5.78. The van der Waals surface area contributed by atoms with Gasteiger partial charge in [-0.1, -0.05) is 64.7 Å². The lowest BCUT2D eigenvalue weighted by atomic mass is 10.1. The van der Waals surface area contributed by atoms with E-state index in [0.29, 0.717) is 0 Å². The number of ether oxygens (including phenoxy) is 1. The van der Waals surface area contributed by atoms with Gasteiger partial charge in [0.2, 0.25) is 8.32 Å². The Morgan fingerprint density at radius 2 is 1.42 bits per heavy atom.